The van der Waals surface area contributed by atoms with Crippen molar-refractivity contribution in [1.29, 1.82) is 0 Å². The van der Waals surface area contributed by atoms with Gasteiger partial charge in [-0.15, -0.1) is 0 Å². The van der Waals surface area contributed by atoms with Crippen molar-refractivity contribution in [1.82, 2.24) is 4.90 Å². The van der Waals surface area contributed by atoms with Gasteiger partial charge in [0.15, 0.2) is 0 Å². The largest absolute Gasteiger partial charge is 0.468 e. The Morgan fingerprint density at radius 2 is 2.33 bits per heavy atom. The molecule has 0 spiro atoms. The molecule has 1 saturated heterocycles. The highest BCUT2D eigenvalue weighted by atomic mass is 16.5. The lowest BCUT2D eigenvalue weighted by Gasteiger charge is -2.25. The van der Waals surface area contributed by atoms with Crippen LogP contribution >= 0.6 is 0 Å². The normalized spacial score (nSPS) is 20.1. The van der Waals surface area contributed by atoms with E-state index in [-0.39, 0.29) is 0 Å². The summed E-state index contributed by atoms with van der Waals surface area (Å²) in [6.07, 6.45) is 5.82. The van der Waals surface area contributed by atoms with Gasteiger partial charge in [-0.3, -0.25) is 4.90 Å². The van der Waals surface area contributed by atoms with Crippen LogP contribution in [-0.2, 0) is 11.3 Å². The van der Waals surface area contributed by atoms with Crippen LogP contribution in [0.15, 0.2) is 22.8 Å². The van der Waals surface area contributed by atoms with E-state index in [0.29, 0.717) is 6.10 Å². The summed E-state index contributed by atoms with van der Waals surface area (Å²) >= 11 is 0. The molecule has 0 aromatic carbocycles. The van der Waals surface area contributed by atoms with Crippen molar-refractivity contribution in [3.05, 3.63) is 24.2 Å². The molecule has 1 fully saturated rings. The van der Waals surface area contributed by atoms with Gasteiger partial charge in [-0.05, 0) is 43.9 Å². The third-order valence-electron chi connectivity index (χ3n) is 3.47. The second-order valence-electron chi connectivity index (χ2n) is 5.63. The lowest BCUT2D eigenvalue weighted by molar-refractivity contribution is 0.0666. The average molecular weight is 251 g/mol. The zero-order valence-electron chi connectivity index (χ0n) is 11.6. The van der Waals surface area contributed by atoms with Crippen LogP contribution in [0.5, 0.6) is 0 Å². The first-order valence-corrected chi connectivity index (χ1v) is 7.10. The summed E-state index contributed by atoms with van der Waals surface area (Å²) < 4.78 is 11.2. The molecular formula is C15H25NO2. The van der Waals surface area contributed by atoms with E-state index in [1.807, 2.05) is 6.07 Å². The molecule has 1 aromatic heterocycles. The highest BCUT2D eigenvalue weighted by Crippen LogP contribution is 2.16. The Morgan fingerprint density at radius 1 is 1.44 bits per heavy atom. The monoisotopic (exact) mass is 251 g/mol. The molecule has 3 heteroatoms. The first-order chi connectivity index (χ1) is 8.74. The van der Waals surface area contributed by atoms with Crippen LogP contribution in [-0.4, -0.2) is 30.7 Å². The quantitative estimate of drug-likeness (QED) is 0.743. The first kappa shape index (κ1) is 13.6. The van der Waals surface area contributed by atoms with Crippen molar-refractivity contribution in [2.75, 3.05) is 19.7 Å². The van der Waals surface area contributed by atoms with Crippen molar-refractivity contribution in [3.63, 3.8) is 0 Å². The molecule has 2 heterocycles. The van der Waals surface area contributed by atoms with Gasteiger partial charge < -0.3 is 9.15 Å². The van der Waals surface area contributed by atoms with E-state index in [2.05, 4.69) is 24.8 Å². The Hall–Kier alpha value is -0.800. The molecule has 0 N–H and O–H groups in total. The lowest BCUT2D eigenvalue weighted by Crippen LogP contribution is -2.33. The fourth-order valence-corrected chi connectivity index (χ4v) is 2.37. The number of hydrogen-bond acceptors (Lipinski definition) is 3. The van der Waals surface area contributed by atoms with Gasteiger partial charge in [-0.2, -0.15) is 0 Å². The molecule has 18 heavy (non-hydrogen) atoms. The van der Waals surface area contributed by atoms with E-state index in [1.165, 1.54) is 19.3 Å². The minimum absolute atomic E-state index is 0.423. The zero-order valence-corrected chi connectivity index (χ0v) is 11.6. The molecule has 1 atom stereocenters. The van der Waals surface area contributed by atoms with Gasteiger partial charge in [0, 0.05) is 13.2 Å². The SMILES string of the molecule is CC(C)CCN(Cc1ccco1)CC1CCCO1. The highest BCUT2D eigenvalue weighted by Gasteiger charge is 2.19. The average Bonchev–Trinajstić information content (AvgIpc) is 2.98. The molecule has 0 saturated carbocycles. The maximum Gasteiger partial charge on any atom is 0.117 e. The lowest BCUT2D eigenvalue weighted by atomic mass is 10.1. The Bertz CT molecular complexity index is 315. The number of hydrogen-bond donors (Lipinski definition) is 0. The number of nitrogens with zero attached hydrogens (tertiary/aromatic N) is 1. The Balaban J connectivity index is 1.84. The summed E-state index contributed by atoms with van der Waals surface area (Å²) in [5.74, 6) is 1.80. The molecule has 0 bridgehead atoms. The number of furan rings is 1. The fourth-order valence-electron chi connectivity index (χ4n) is 2.37. The van der Waals surface area contributed by atoms with Crippen LogP contribution < -0.4 is 0 Å². The van der Waals surface area contributed by atoms with E-state index < -0.39 is 0 Å². The van der Waals surface area contributed by atoms with Crippen molar-refractivity contribution in [3.8, 4) is 0 Å². The van der Waals surface area contributed by atoms with E-state index >= 15 is 0 Å². The van der Waals surface area contributed by atoms with Crippen molar-refractivity contribution >= 4 is 0 Å². The standard InChI is InChI=1S/C15H25NO2/c1-13(2)7-8-16(11-14-5-3-9-17-14)12-15-6-4-10-18-15/h3,5,9,13,15H,4,6-8,10-12H2,1-2H3. The van der Waals surface area contributed by atoms with Gasteiger partial charge in [-0.1, -0.05) is 13.8 Å². The van der Waals surface area contributed by atoms with Crippen LogP contribution in [0.4, 0.5) is 0 Å². The fraction of sp³-hybridized carbons (Fsp3) is 0.733. The van der Waals surface area contributed by atoms with Crippen molar-refractivity contribution in [2.24, 2.45) is 5.92 Å². The third-order valence-corrected chi connectivity index (χ3v) is 3.47. The van der Waals surface area contributed by atoms with E-state index in [0.717, 1.165) is 37.9 Å². The number of rotatable bonds is 7. The van der Waals surface area contributed by atoms with Gasteiger partial charge in [0.1, 0.15) is 5.76 Å². The minimum Gasteiger partial charge on any atom is -0.468 e. The molecule has 0 amide bonds. The minimum atomic E-state index is 0.423. The van der Waals surface area contributed by atoms with Crippen LogP contribution in [0.3, 0.4) is 0 Å². The molecule has 2 rings (SSSR count). The molecular weight excluding hydrogens is 226 g/mol. The van der Waals surface area contributed by atoms with E-state index in [4.69, 9.17) is 9.15 Å². The van der Waals surface area contributed by atoms with Crippen molar-refractivity contribution < 1.29 is 9.15 Å². The molecule has 1 aromatic rings. The van der Waals surface area contributed by atoms with Crippen LogP contribution in [0.2, 0.25) is 0 Å². The topological polar surface area (TPSA) is 25.6 Å². The van der Waals surface area contributed by atoms with Gasteiger partial charge in [0.25, 0.3) is 0 Å². The first-order valence-electron chi connectivity index (χ1n) is 7.10. The maximum atomic E-state index is 5.74. The Labute approximate surface area is 110 Å². The summed E-state index contributed by atoms with van der Waals surface area (Å²) in [7, 11) is 0. The van der Waals surface area contributed by atoms with Gasteiger partial charge in [-0.25, -0.2) is 0 Å². The number of ether oxygens (including phenoxy) is 1. The van der Waals surface area contributed by atoms with Crippen LogP contribution in [0.1, 0.15) is 38.9 Å². The molecule has 0 radical (unpaired) electrons. The summed E-state index contributed by atoms with van der Waals surface area (Å²) in [5, 5.41) is 0. The van der Waals surface area contributed by atoms with Crippen LogP contribution in [0.25, 0.3) is 0 Å². The molecule has 3 nitrogen and oxygen atoms in total. The predicted molar refractivity (Wildman–Crippen MR) is 72.4 cm³/mol. The van der Waals surface area contributed by atoms with E-state index in [9.17, 15) is 0 Å². The molecule has 1 aliphatic rings. The highest BCUT2D eigenvalue weighted by molar-refractivity contribution is 4.98. The summed E-state index contributed by atoms with van der Waals surface area (Å²) in [4.78, 5) is 2.47. The molecule has 0 aliphatic carbocycles. The zero-order chi connectivity index (χ0) is 12.8. The predicted octanol–water partition coefficient (Wildman–Crippen LogP) is 3.31. The smallest absolute Gasteiger partial charge is 0.117 e. The molecule has 1 aliphatic heterocycles. The maximum absolute atomic E-state index is 5.74. The van der Waals surface area contributed by atoms with Gasteiger partial charge in [0.05, 0.1) is 18.9 Å². The Kier molecular flexibility index (Phi) is 5.26. The second kappa shape index (κ2) is 6.95. The summed E-state index contributed by atoms with van der Waals surface area (Å²) in [5.41, 5.74) is 0. The molecule has 102 valence electrons. The Morgan fingerprint density at radius 3 is 2.94 bits per heavy atom. The summed E-state index contributed by atoms with van der Waals surface area (Å²) in [6, 6.07) is 4.01. The third kappa shape index (κ3) is 4.46. The molecule has 1 unspecified atom stereocenters. The summed E-state index contributed by atoms with van der Waals surface area (Å²) in [6.45, 7) is 8.54. The van der Waals surface area contributed by atoms with Gasteiger partial charge >= 0.3 is 0 Å². The van der Waals surface area contributed by atoms with Crippen LogP contribution in [0, 0.1) is 5.92 Å². The van der Waals surface area contributed by atoms with Gasteiger partial charge in [0.2, 0.25) is 0 Å². The second-order valence-corrected chi connectivity index (χ2v) is 5.63. The van der Waals surface area contributed by atoms with E-state index in [1.54, 1.807) is 6.26 Å². The van der Waals surface area contributed by atoms with Crippen molar-refractivity contribution in [2.45, 2.75) is 45.8 Å².